The Bertz CT molecular complexity index is 292. The third kappa shape index (κ3) is 4.10. The van der Waals surface area contributed by atoms with E-state index < -0.39 is 11.7 Å². The van der Waals surface area contributed by atoms with Gasteiger partial charge in [-0.3, -0.25) is 9.69 Å². The van der Waals surface area contributed by atoms with E-state index in [9.17, 15) is 9.59 Å². The van der Waals surface area contributed by atoms with Gasteiger partial charge in [0.15, 0.2) is 0 Å². The van der Waals surface area contributed by atoms with E-state index in [1.54, 1.807) is 20.8 Å². The van der Waals surface area contributed by atoms with Crippen LogP contribution in [-0.4, -0.2) is 41.8 Å². The van der Waals surface area contributed by atoms with Gasteiger partial charge in [-0.25, -0.2) is 9.79 Å². The van der Waals surface area contributed by atoms with Crippen LogP contribution in [0.1, 0.15) is 27.2 Å². The number of aliphatic imine (C=N–C) groups is 1. The van der Waals surface area contributed by atoms with Gasteiger partial charge in [0.2, 0.25) is 0 Å². The summed E-state index contributed by atoms with van der Waals surface area (Å²) < 4.78 is 5.16. The van der Waals surface area contributed by atoms with Crippen LogP contribution in [0.2, 0.25) is 0 Å². The zero-order valence-electron chi connectivity index (χ0n) is 9.32. The Morgan fingerprint density at radius 1 is 1.53 bits per heavy atom. The van der Waals surface area contributed by atoms with Gasteiger partial charge < -0.3 is 4.74 Å². The third-order valence-electron chi connectivity index (χ3n) is 1.74. The Balaban J connectivity index is 2.56. The molecule has 0 bridgehead atoms. The fourth-order valence-electron chi connectivity index (χ4n) is 1.15. The Morgan fingerprint density at radius 2 is 2.20 bits per heavy atom. The Kier molecular flexibility index (Phi) is 3.44. The fourth-order valence-corrected chi connectivity index (χ4v) is 1.15. The van der Waals surface area contributed by atoms with Gasteiger partial charge in [0.25, 0.3) is 5.91 Å². The van der Waals surface area contributed by atoms with Crippen molar-refractivity contribution >= 4 is 18.2 Å². The molecule has 1 aliphatic heterocycles. The molecule has 84 valence electrons. The van der Waals surface area contributed by atoms with Crippen LogP contribution < -0.4 is 0 Å². The molecule has 0 aromatic heterocycles. The molecule has 0 fully saturated rings. The van der Waals surface area contributed by atoms with Crippen LogP contribution in [0.3, 0.4) is 0 Å². The molecule has 0 atom stereocenters. The van der Waals surface area contributed by atoms with Crippen LogP contribution in [0.15, 0.2) is 4.99 Å². The molecule has 0 aromatic carbocycles. The van der Waals surface area contributed by atoms with E-state index in [2.05, 4.69) is 4.99 Å². The van der Waals surface area contributed by atoms with E-state index in [4.69, 9.17) is 4.74 Å². The van der Waals surface area contributed by atoms with Crippen LogP contribution in [-0.2, 0) is 9.53 Å². The Morgan fingerprint density at radius 3 is 2.80 bits per heavy atom. The number of hydrogen-bond donors (Lipinski definition) is 0. The molecule has 0 aliphatic carbocycles. The zero-order chi connectivity index (χ0) is 11.5. The van der Waals surface area contributed by atoms with Crippen LogP contribution in [0.4, 0.5) is 4.79 Å². The first-order valence-electron chi connectivity index (χ1n) is 4.92. The lowest BCUT2D eigenvalue weighted by Crippen LogP contribution is -2.39. The maximum Gasteiger partial charge on any atom is 0.410 e. The van der Waals surface area contributed by atoms with Crippen molar-refractivity contribution in [3.63, 3.8) is 0 Å². The lowest BCUT2D eigenvalue weighted by atomic mass is 10.2. The number of rotatable bonds is 0. The molecule has 1 rings (SSSR count). The van der Waals surface area contributed by atoms with Gasteiger partial charge in [-0.05, 0) is 20.8 Å². The topological polar surface area (TPSA) is 59.0 Å². The molecule has 5 heteroatoms. The van der Waals surface area contributed by atoms with Crippen molar-refractivity contribution in [2.75, 3.05) is 13.1 Å². The molecule has 0 spiro atoms. The molecular weight excluding hydrogens is 196 g/mol. The van der Waals surface area contributed by atoms with E-state index in [0.29, 0.717) is 13.0 Å². The van der Waals surface area contributed by atoms with Crippen LogP contribution in [0, 0.1) is 0 Å². The average Bonchev–Trinajstić information content (AvgIpc) is 2.26. The van der Waals surface area contributed by atoms with Crippen molar-refractivity contribution in [3.05, 3.63) is 0 Å². The minimum atomic E-state index is -0.534. The Labute approximate surface area is 89.1 Å². The van der Waals surface area contributed by atoms with Crippen LogP contribution >= 0.6 is 0 Å². The van der Waals surface area contributed by atoms with Crippen molar-refractivity contribution in [2.45, 2.75) is 32.8 Å². The SMILES string of the molecule is CC(C)(C)OC(=O)N1CCC=NC(=O)C1. The molecule has 0 saturated carbocycles. The Hall–Kier alpha value is -1.39. The molecular formula is C10H16N2O3. The summed E-state index contributed by atoms with van der Waals surface area (Å²) in [5.74, 6) is -0.307. The summed E-state index contributed by atoms with van der Waals surface area (Å²) in [6.07, 6.45) is 1.67. The predicted octanol–water partition coefficient (Wildman–Crippen LogP) is 1.22. The molecule has 0 unspecified atom stereocenters. The number of hydrogen-bond acceptors (Lipinski definition) is 3. The molecule has 0 N–H and O–H groups in total. The molecule has 1 aliphatic rings. The quantitative estimate of drug-likeness (QED) is 0.606. The molecule has 2 amide bonds. The van der Waals surface area contributed by atoms with Gasteiger partial charge in [0.1, 0.15) is 12.1 Å². The number of carbonyl (C=O) groups is 2. The lowest BCUT2D eigenvalue weighted by Gasteiger charge is -2.25. The molecule has 0 saturated heterocycles. The van der Waals surface area contributed by atoms with E-state index in [0.717, 1.165) is 0 Å². The largest absolute Gasteiger partial charge is 0.444 e. The second kappa shape index (κ2) is 4.42. The lowest BCUT2D eigenvalue weighted by molar-refractivity contribution is -0.118. The summed E-state index contributed by atoms with van der Waals surface area (Å²) in [7, 11) is 0. The van der Waals surface area contributed by atoms with Crippen molar-refractivity contribution in [1.82, 2.24) is 4.90 Å². The van der Waals surface area contributed by atoms with E-state index in [1.165, 1.54) is 11.1 Å². The van der Waals surface area contributed by atoms with Crippen molar-refractivity contribution in [3.8, 4) is 0 Å². The van der Waals surface area contributed by atoms with Gasteiger partial charge in [-0.2, -0.15) is 0 Å². The van der Waals surface area contributed by atoms with Gasteiger partial charge in [0, 0.05) is 19.2 Å². The molecule has 5 nitrogen and oxygen atoms in total. The number of carbonyl (C=O) groups excluding carboxylic acids is 2. The third-order valence-corrected chi connectivity index (χ3v) is 1.74. The summed E-state index contributed by atoms with van der Waals surface area (Å²) in [5, 5.41) is 0. The monoisotopic (exact) mass is 212 g/mol. The summed E-state index contributed by atoms with van der Waals surface area (Å²) in [4.78, 5) is 27.7. The first-order valence-corrected chi connectivity index (χ1v) is 4.92. The number of ether oxygens (including phenoxy) is 1. The maximum absolute atomic E-state index is 11.6. The highest BCUT2D eigenvalue weighted by Crippen LogP contribution is 2.10. The van der Waals surface area contributed by atoms with Crippen molar-refractivity contribution < 1.29 is 14.3 Å². The number of nitrogens with zero attached hydrogens (tertiary/aromatic N) is 2. The smallest absolute Gasteiger partial charge is 0.410 e. The molecule has 1 heterocycles. The first kappa shape index (κ1) is 11.7. The van der Waals surface area contributed by atoms with E-state index in [1.807, 2.05) is 0 Å². The summed E-state index contributed by atoms with van der Waals surface area (Å²) in [5.41, 5.74) is -0.534. The average molecular weight is 212 g/mol. The van der Waals surface area contributed by atoms with Crippen LogP contribution in [0.25, 0.3) is 0 Å². The normalized spacial score (nSPS) is 17.5. The van der Waals surface area contributed by atoms with Gasteiger partial charge in [-0.15, -0.1) is 0 Å². The van der Waals surface area contributed by atoms with Crippen molar-refractivity contribution in [2.24, 2.45) is 4.99 Å². The molecule has 0 radical (unpaired) electrons. The molecule has 0 aromatic rings. The number of amides is 2. The highest BCUT2D eigenvalue weighted by Gasteiger charge is 2.24. The van der Waals surface area contributed by atoms with Crippen molar-refractivity contribution in [1.29, 1.82) is 0 Å². The summed E-state index contributed by atoms with van der Waals surface area (Å²) in [6, 6.07) is 0. The summed E-state index contributed by atoms with van der Waals surface area (Å²) in [6.45, 7) is 5.86. The van der Waals surface area contributed by atoms with E-state index >= 15 is 0 Å². The molecule has 15 heavy (non-hydrogen) atoms. The fraction of sp³-hybridized carbons (Fsp3) is 0.700. The predicted molar refractivity (Wildman–Crippen MR) is 55.9 cm³/mol. The second-order valence-corrected chi connectivity index (χ2v) is 4.40. The minimum absolute atomic E-state index is 0.00537. The highest BCUT2D eigenvalue weighted by atomic mass is 16.6. The standard InChI is InChI=1S/C10H16N2O3/c1-10(2,3)15-9(14)12-6-4-5-11-8(13)7-12/h5H,4,6-7H2,1-3H3. The summed E-state index contributed by atoms with van der Waals surface area (Å²) >= 11 is 0. The second-order valence-electron chi connectivity index (χ2n) is 4.40. The van der Waals surface area contributed by atoms with Crippen LogP contribution in [0.5, 0.6) is 0 Å². The van der Waals surface area contributed by atoms with E-state index in [-0.39, 0.29) is 12.5 Å². The maximum atomic E-state index is 11.6. The first-order chi connectivity index (χ1) is 6.88. The highest BCUT2D eigenvalue weighted by molar-refractivity contribution is 5.89. The van der Waals surface area contributed by atoms with Gasteiger partial charge >= 0.3 is 6.09 Å². The zero-order valence-corrected chi connectivity index (χ0v) is 9.32. The van der Waals surface area contributed by atoms with Gasteiger partial charge in [0.05, 0.1) is 0 Å². The minimum Gasteiger partial charge on any atom is -0.444 e. The van der Waals surface area contributed by atoms with Gasteiger partial charge in [-0.1, -0.05) is 0 Å².